The molecule has 238 valence electrons. The number of piperazine rings is 1. The van der Waals surface area contributed by atoms with Crippen molar-refractivity contribution in [2.24, 2.45) is 5.92 Å². The Hall–Kier alpha value is -4.10. The zero-order chi connectivity index (χ0) is 31.4. The Labute approximate surface area is 252 Å². The number of carbonyl (C=O) groups excluding carboxylic acids is 2. The molecule has 1 atom stereocenters. The molecule has 1 aliphatic carbocycles. The van der Waals surface area contributed by atoms with Gasteiger partial charge in [-0.2, -0.15) is 13.2 Å². The average Bonchev–Trinajstić information content (AvgIpc) is 3.26. The molecule has 2 N–H and O–H groups in total. The van der Waals surface area contributed by atoms with Crippen molar-refractivity contribution in [3.8, 4) is 0 Å². The van der Waals surface area contributed by atoms with Gasteiger partial charge < -0.3 is 30.1 Å². The van der Waals surface area contributed by atoms with Gasteiger partial charge >= 0.3 is 12.2 Å². The molecule has 0 radical (unpaired) electrons. The molecule has 1 unspecified atom stereocenters. The molecule has 0 bridgehead atoms. The largest absolute Gasteiger partial charge is 0.435 e. The van der Waals surface area contributed by atoms with Crippen LogP contribution in [0.15, 0.2) is 65.0 Å². The van der Waals surface area contributed by atoms with Gasteiger partial charge in [-0.25, -0.2) is 18.6 Å². The third kappa shape index (κ3) is 7.16. The van der Waals surface area contributed by atoms with Gasteiger partial charge in [-0.15, -0.1) is 0 Å². The van der Waals surface area contributed by atoms with Gasteiger partial charge in [-0.1, -0.05) is 6.92 Å². The molecular weight excluding hydrogens is 587 g/mol. The first-order chi connectivity index (χ1) is 21.0. The minimum Gasteiger partial charge on any atom is -0.435 e. The van der Waals surface area contributed by atoms with Crippen molar-refractivity contribution in [1.29, 1.82) is 0 Å². The molecule has 0 spiro atoms. The van der Waals surface area contributed by atoms with E-state index in [2.05, 4.69) is 15.6 Å². The lowest BCUT2D eigenvalue weighted by Gasteiger charge is -2.35. The van der Waals surface area contributed by atoms with Gasteiger partial charge in [0, 0.05) is 45.2 Å². The van der Waals surface area contributed by atoms with Crippen LogP contribution in [0.3, 0.4) is 0 Å². The predicted molar refractivity (Wildman–Crippen MR) is 153 cm³/mol. The van der Waals surface area contributed by atoms with Gasteiger partial charge in [0.05, 0.1) is 17.5 Å². The van der Waals surface area contributed by atoms with Crippen LogP contribution in [0.5, 0.6) is 0 Å². The molecule has 4 aliphatic rings. The second-order valence-corrected chi connectivity index (χ2v) is 11.2. The van der Waals surface area contributed by atoms with E-state index in [4.69, 9.17) is 4.74 Å². The number of rotatable bonds is 5. The van der Waals surface area contributed by atoms with E-state index < -0.39 is 52.7 Å². The van der Waals surface area contributed by atoms with E-state index in [-0.39, 0.29) is 43.9 Å². The number of urea groups is 1. The van der Waals surface area contributed by atoms with E-state index in [1.54, 1.807) is 19.1 Å². The van der Waals surface area contributed by atoms with Crippen molar-refractivity contribution in [2.45, 2.75) is 51.6 Å². The monoisotopic (exact) mass is 622 g/mol. The lowest BCUT2D eigenvalue weighted by atomic mass is 9.99. The van der Waals surface area contributed by atoms with Gasteiger partial charge in [0.2, 0.25) is 5.76 Å². The quantitative estimate of drug-likeness (QED) is 0.399. The number of anilines is 2. The zero-order valence-electron chi connectivity index (χ0n) is 24.4. The van der Waals surface area contributed by atoms with Gasteiger partial charge in [0.25, 0.3) is 5.91 Å². The fourth-order valence-electron chi connectivity index (χ4n) is 5.55. The van der Waals surface area contributed by atoms with Crippen LogP contribution in [0.4, 0.5) is 38.3 Å². The molecule has 44 heavy (non-hydrogen) atoms. The number of amides is 3. The molecule has 3 amide bonds. The van der Waals surface area contributed by atoms with Crippen molar-refractivity contribution in [1.82, 2.24) is 20.1 Å². The first-order valence-electron chi connectivity index (χ1n) is 14.8. The molecular formula is C30H35F5N6O3. The van der Waals surface area contributed by atoms with Gasteiger partial charge in [-0.3, -0.25) is 4.79 Å². The number of alkyl halides is 3. The summed E-state index contributed by atoms with van der Waals surface area (Å²) in [4.78, 5) is 35.3. The number of nitrogens with one attached hydrogen (secondary N) is 2. The first kappa shape index (κ1) is 31.3. The van der Waals surface area contributed by atoms with E-state index in [9.17, 15) is 31.5 Å². The van der Waals surface area contributed by atoms with Crippen LogP contribution in [0.25, 0.3) is 0 Å². The molecule has 5 rings (SSSR count). The van der Waals surface area contributed by atoms with Crippen LogP contribution in [-0.4, -0.2) is 72.2 Å². The van der Waals surface area contributed by atoms with Crippen molar-refractivity contribution in [3.05, 3.63) is 65.0 Å². The minimum atomic E-state index is -4.73. The number of hydrogen-bond acceptors (Lipinski definition) is 6. The minimum absolute atomic E-state index is 0.102. The molecule has 2 fully saturated rings. The number of pyridine rings is 1. The smallest absolute Gasteiger partial charge is 0.416 e. The maximum Gasteiger partial charge on any atom is 0.416 e. The average molecular weight is 623 g/mol. The van der Waals surface area contributed by atoms with Gasteiger partial charge in [-0.05, 0) is 62.8 Å². The number of piperidine rings is 1. The standard InChI is InChI=1S/C30H35F5N6O3/c1-19-8-10-22(31)26(25(19)32)38-29(43)41-16-14-39(15-17-41)23-11-9-20(18-36-23)37-28(42)27-21(30(33,34)35)6-5-7-24(44-27)40-12-3-2-4-13-40/h7,9-11,18-19H,2-6,8,12-17H2,1H3,(H,37,42)(H,38,43). The Kier molecular flexibility index (Phi) is 9.45. The summed E-state index contributed by atoms with van der Waals surface area (Å²) in [6.07, 6.45) is 2.25. The highest BCUT2D eigenvalue weighted by atomic mass is 19.4. The van der Waals surface area contributed by atoms with E-state index in [0.29, 0.717) is 32.0 Å². The van der Waals surface area contributed by atoms with Crippen LogP contribution < -0.4 is 15.5 Å². The summed E-state index contributed by atoms with van der Waals surface area (Å²) in [5.74, 6) is -2.98. The second kappa shape index (κ2) is 13.3. The lowest BCUT2D eigenvalue weighted by Crippen LogP contribution is -2.52. The van der Waals surface area contributed by atoms with Crippen LogP contribution in [0.2, 0.25) is 0 Å². The highest BCUT2D eigenvalue weighted by Gasteiger charge is 2.40. The van der Waals surface area contributed by atoms with Gasteiger partial charge in [0.1, 0.15) is 23.2 Å². The molecule has 1 aromatic heterocycles. The number of allylic oxidation sites excluding steroid dienone is 5. The topological polar surface area (TPSA) is 90.0 Å². The number of aromatic nitrogens is 1. The maximum atomic E-state index is 14.4. The van der Waals surface area contributed by atoms with E-state index in [0.717, 1.165) is 19.3 Å². The summed E-state index contributed by atoms with van der Waals surface area (Å²) in [5.41, 5.74) is -1.25. The summed E-state index contributed by atoms with van der Waals surface area (Å²) < 4.78 is 75.8. The predicted octanol–water partition coefficient (Wildman–Crippen LogP) is 5.88. The van der Waals surface area contributed by atoms with E-state index >= 15 is 0 Å². The number of likely N-dealkylation sites (tertiary alicyclic amines) is 1. The summed E-state index contributed by atoms with van der Waals surface area (Å²) in [6, 6.07) is 2.53. The third-order valence-electron chi connectivity index (χ3n) is 8.10. The molecule has 0 saturated carbocycles. The Morgan fingerprint density at radius 1 is 0.955 bits per heavy atom. The Balaban J connectivity index is 1.19. The molecule has 1 aromatic rings. The summed E-state index contributed by atoms with van der Waals surface area (Å²) in [7, 11) is 0. The molecule has 9 nitrogen and oxygen atoms in total. The molecule has 0 aromatic carbocycles. The molecule has 4 heterocycles. The lowest BCUT2D eigenvalue weighted by molar-refractivity contribution is -0.119. The second-order valence-electron chi connectivity index (χ2n) is 11.2. The fraction of sp³-hybridized carbons (Fsp3) is 0.500. The first-order valence-corrected chi connectivity index (χ1v) is 14.8. The van der Waals surface area contributed by atoms with Gasteiger partial charge in [0.15, 0.2) is 5.88 Å². The highest BCUT2D eigenvalue weighted by Crippen LogP contribution is 2.36. The number of nitrogens with zero attached hydrogens (tertiary/aromatic N) is 4. The number of halogens is 5. The Morgan fingerprint density at radius 2 is 1.68 bits per heavy atom. The summed E-state index contributed by atoms with van der Waals surface area (Å²) in [5, 5.41) is 4.83. The SMILES string of the molecule is CC1CC=C(F)C(NC(=O)N2CCN(c3ccc(NC(=O)C4=C(C(F)(F)F)CCC=C(N5CCCCC5)O4)cn3)CC2)=C1F. The van der Waals surface area contributed by atoms with Crippen LogP contribution in [0, 0.1) is 5.92 Å². The Morgan fingerprint density at radius 3 is 2.34 bits per heavy atom. The zero-order valence-corrected chi connectivity index (χ0v) is 24.4. The molecule has 3 aliphatic heterocycles. The van der Waals surface area contributed by atoms with Crippen molar-refractivity contribution < 1.29 is 36.3 Å². The van der Waals surface area contributed by atoms with Crippen molar-refractivity contribution >= 4 is 23.4 Å². The van der Waals surface area contributed by atoms with Crippen molar-refractivity contribution in [2.75, 3.05) is 49.5 Å². The molecule has 2 saturated heterocycles. The highest BCUT2D eigenvalue weighted by molar-refractivity contribution is 6.03. The fourth-order valence-corrected chi connectivity index (χ4v) is 5.55. The van der Waals surface area contributed by atoms with Crippen LogP contribution in [0.1, 0.15) is 45.4 Å². The number of hydrogen-bond donors (Lipinski definition) is 2. The number of ether oxygens (including phenoxy) is 1. The van der Waals surface area contributed by atoms with E-state index in [1.165, 1.54) is 23.2 Å². The Bertz CT molecular complexity index is 1370. The van der Waals surface area contributed by atoms with E-state index in [1.807, 2.05) is 9.80 Å². The van der Waals surface area contributed by atoms with Crippen molar-refractivity contribution in [3.63, 3.8) is 0 Å². The number of carbonyl (C=O) groups is 2. The van der Waals surface area contributed by atoms with Crippen LogP contribution >= 0.6 is 0 Å². The summed E-state index contributed by atoms with van der Waals surface area (Å²) >= 11 is 0. The molecule has 14 heteroatoms. The summed E-state index contributed by atoms with van der Waals surface area (Å²) in [6.45, 7) is 4.20. The third-order valence-corrected chi connectivity index (χ3v) is 8.10. The maximum absolute atomic E-state index is 14.4. The normalized spacial score (nSPS) is 21.8. The van der Waals surface area contributed by atoms with Crippen LogP contribution in [-0.2, 0) is 9.53 Å².